The van der Waals surface area contributed by atoms with Crippen LogP contribution >= 0.6 is 11.3 Å². The maximum Gasteiger partial charge on any atom is 0.253 e. The molecule has 1 aromatic carbocycles. The van der Waals surface area contributed by atoms with Crippen molar-refractivity contribution in [1.29, 1.82) is 0 Å². The second-order valence-corrected chi connectivity index (χ2v) is 5.88. The average Bonchev–Trinajstić information content (AvgIpc) is 2.82. The van der Waals surface area contributed by atoms with E-state index in [0.717, 1.165) is 12.2 Å². The largest absolute Gasteiger partial charge is 0.397 e. The molecule has 0 aliphatic heterocycles. The van der Waals surface area contributed by atoms with Crippen molar-refractivity contribution in [3.63, 3.8) is 0 Å². The normalized spacial score (nSPS) is 10.3. The minimum Gasteiger partial charge on any atom is -0.397 e. The van der Waals surface area contributed by atoms with Crippen LogP contribution in [0, 0.1) is 6.92 Å². The molecule has 0 saturated heterocycles. The molecule has 1 amide bonds. The summed E-state index contributed by atoms with van der Waals surface area (Å²) in [6, 6.07) is 7.47. The molecule has 0 spiro atoms. The maximum absolute atomic E-state index is 11.8. The molecule has 0 unspecified atom stereocenters. The van der Waals surface area contributed by atoms with Crippen molar-refractivity contribution < 1.29 is 4.79 Å². The van der Waals surface area contributed by atoms with Crippen LogP contribution in [0.4, 0.5) is 11.4 Å². The fraction of sp³-hybridized carbons (Fsp3) is 0.267. The van der Waals surface area contributed by atoms with Crippen molar-refractivity contribution in [2.45, 2.75) is 13.5 Å². The van der Waals surface area contributed by atoms with Gasteiger partial charge in [0, 0.05) is 31.1 Å². The van der Waals surface area contributed by atoms with E-state index in [-0.39, 0.29) is 5.91 Å². The highest BCUT2D eigenvalue weighted by molar-refractivity contribution is 7.10. The number of nitrogens with two attached hydrogens (primary N) is 1. The van der Waals surface area contributed by atoms with Crippen molar-refractivity contribution in [3.8, 4) is 0 Å². The second-order valence-electron chi connectivity index (χ2n) is 4.88. The summed E-state index contributed by atoms with van der Waals surface area (Å²) in [7, 11) is 3.45. The van der Waals surface area contributed by atoms with Crippen LogP contribution in [-0.4, -0.2) is 24.9 Å². The molecular formula is C15H19N3OS. The molecule has 1 heterocycles. The molecule has 0 atom stereocenters. The Labute approximate surface area is 123 Å². The summed E-state index contributed by atoms with van der Waals surface area (Å²) in [6.07, 6.45) is 0. The van der Waals surface area contributed by atoms with Gasteiger partial charge in [-0.3, -0.25) is 4.79 Å². The Bertz CT molecular complexity index is 619. The van der Waals surface area contributed by atoms with Crippen molar-refractivity contribution in [2.75, 3.05) is 25.1 Å². The summed E-state index contributed by atoms with van der Waals surface area (Å²) in [5.41, 5.74) is 9.33. The quantitative estimate of drug-likeness (QED) is 0.851. The molecule has 0 aliphatic rings. The molecule has 0 bridgehead atoms. The highest BCUT2D eigenvalue weighted by atomic mass is 32.1. The monoisotopic (exact) mass is 289 g/mol. The summed E-state index contributed by atoms with van der Waals surface area (Å²) in [5, 5.41) is 5.39. The molecule has 0 aliphatic carbocycles. The average molecular weight is 289 g/mol. The van der Waals surface area contributed by atoms with E-state index in [9.17, 15) is 4.79 Å². The Hall–Kier alpha value is -2.01. The van der Waals surface area contributed by atoms with Crippen LogP contribution < -0.4 is 11.1 Å². The van der Waals surface area contributed by atoms with Gasteiger partial charge in [0.05, 0.1) is 11.4 Å². The number of benzene rings is 1. The Morgan fingerprint density at radius 3 is 2.65 bits per heavy atom. The van der Waals surface area contributed by atoms with E-state index < -0.39 is 0 Å². The van der Waals surface area contributed by atoms with Crippen LogP contribution in [0.15, 0.2) is 29.6 Å². The zero-order chi connectivity index (χ0) is 14.7. The van der Waals surface area contributed by atoms with Crippen molar-refractivity contribution in [3.05, 3.63) is 45.6 Å². The molecule has 4 nitrogen and oxygen atoms in total. The van der Waals surface area contributed by atoms with Gasteiger partial charge in [-0.1, -0.05) is 0 Å². The molecule has 0 fully saturated rings. The Morgan fingerprint density at radius 1 is 1.35 bits per heavy atom. The predicted octanol–water partition coefficient (Wildman–Crippen LogP) is 2.95. The number of nitrogen functional groups attached to an aromatic ring is 1. The summed E-state index contributed by atoms with van der Waals surface area (Å²) in [5.74, 6) is -0.0441. The highest BCUT2D eigenvalue weighted by Gasteiger charge is 2.10. The Kier molecular flexibility index (Phi) is 4.29. The van der Waals surface area contributed by atoms with Gasteiger partial charge in [0.25, 0.3) is 5.91 Å². The van der Waals surface area contributed by atoms with Gasteiger partial charge in [0.1, 0.15) is 0 Å². The molecule has 106 valence electrons. The number of rotatable bonds is 4. The lowest BCUT2D eigenvalue weighted by molar-refractivity contribution is 0.0827. The number of anilines is 2. The van der Waals surface area contributed by atoms with Gasteiger partial charge >= 0.3 is 0 Å². The van der Waals surface area contributed by atoms with Crippen LogP contribution in [-0.2, 0) is 6.54 Å². The minimum absolute atomic E-state index is 0.0441. The van der Waals surface area contributed by atoms with Gasteiger partial charge in [-0.15, -0.1) is 11.3 Å². The number of thiophene rings is 1. The molecule has 0 radical (unpaired) electrons. The first-order valence-electron chi connectivity index (χ1n) is 6.37. The fourth-order valence-corrected chi connectivity index (χ4v) is 2.72. The first kappa shape index (κ1) is 14.4. The zero-order valence-corrected chi connectivity index (χ0v) is 12.8. The SMILES string of the molecule is Cc1ccsc1CNc1ccc(C(=O)N(C)C)cc1N. The lowest BCUT2D eigenvalue weighted by Gasteiger charge is -2.13. The number of aryl methyl sites for hydroxylation is 1. The van der Waals surface area contributed by atoms with E-state index in [0.29, 0.717) is 11.3 Å². The third-order valence-corrected chi connectivity index (χ3v) is 4.14. The van der Waals surface area contributed by atoms with Crippen LogP contribution in [0.25, 0.3) is 0 Å². The molecule has 2 rings (SSSR count). The lowest BCUT2D eigenvalue weighted by Crippen LogP contribution is -2.21. The Balaban J connectivity index is 2.10. The molecule has 5 heteroatoms. The number of carbonyl (C=O) groups excluding carboxylic acids is 1. The summed E-state index contributed by atoms with van der Waals surface area (Å²) < 4.78 is 0. The molecular weight excluding hydrogens is 270 g/mol. The number of hydrogen-bond donors (Lipinski definition) is 2. The van der Waals surface area contributed by atoms with Gasteiger partial charge in [0.2, 0.25) is 0 Å². The summed E-state index contributed by atoms with van der Waals surface area (Å²) >= 11 is 1.72. The third-order valence-electron chi connectivity index (χ3n) is 3.11. The van der Waals surface area contributed by atoms with Crippen molar-refractivity contribution in [2.24, 2.45) is 0 Å². The van der Waals surface area contributed by atoms with Crippen molar-refractivity contribution >= 4 is 28.6 Å². The Morgan fingerprint density at radius 2 is 2.10 bits per heavy atom. The molecule has 3 N–H and O–H groups in total. The summed E-state index contributed by atoms with van der Waals surface area (Å²) in [6.45, 7) is 2.84. The van der Waals surface area contributed by atoms with Crippen molar-refractivity contribution in [1.82, 2.24) is 4.90 Å². The number of hydrogen-bond acceptors (Lipinski definition) is 4. The van der Waals surface area contributed by atoms with Crippen LogP contribution in [0.5, 0.6) is 0 Å². The van der Waals surface area contributed by atoms with Crippen LogP contribution in [0.2, 0.25) is 0 Å². The van der Waals surface area contributed by atoms with E-state index in [1.54, 1.807) is 37.6 Å². The number of carbonyl (C=O) groups is 1. The smallest absolute Gasteiger partial charge is 0.253 e. The maximum atomic E-state index is 11.8. The molecule has 1 aromatic heterocycles. The van der Waals surface area contributed by atoms with Gasteiger partial charge in [-0.25, -0.2) is 0 Å². The number of nitrogens with zero attached hydrogens (tertiary/aromatic N) is 1. The topological polar surface area (TPSA) is 58.4 Å². The fourth-order valence-electron chi connectivity index (χ4n) is 1.88. The van der Waals surface area contributed by atoms with E-state index >= 15 is 0 Å². The standard InChI is InChI=1S/C15H19N3OS/c1-10-6-7-20-14(10)9-17-13-5-4-11(8-12(13)16)15(19)18(2)3/h4-8,17H,9,16H2,1-3H3. The molecule has 0 saturated carbocycles. The zero-order valence-electron chi connectivity index (χ0n) is 11.9. The number of amides is 1. The van der Waals surface area contributed by atoms with E-state index in [2.05, 4.69) is 23.7 Å². The highest BCUT2D eigenvalue weighted by Crippen LogP contribution is 2.23. The summed E-state index contributed by atoms with van der Waals surface area (Å²) in [4.78, 5) is 14.7. The van der Waals surface area contributed by atoms with Gasteiger partial charge in [0.15, 0.2) is 0 Å². The number of nitrogens with one attached hydrogen (secondary N) is 1. The van der Waals surface area contributed by atoms with E-state index in [1.807, 2.05) is 6.07 Å². The first-order valence-corrected chi connectivity index (χ1v) is 7.25. The molecule has 2 aromatic rings. The van der Waals surface area contributed by atoms with Gasteiger partial charge in [-0.05, 0) is 42.1 Å². The van der Waals surface area contributed by atoms with Crippen LogP contribution in [0.1, 0.15) is 20.8 Å². The molecule has 20 heavy (non-hydrogen) atoms. The van der Waals surface area contributed by atoms with Gasteiger partial charge in [-0.2, -0.15) is 0 Å². The minimum atomic E-state index is -0.0441. The predicted molar refractivity (Wildman–Crippen MR) is 85.3 cm³/mol. The first-order chi connectivity index (χ1) is 9.49. The third kappa shape index (κ3) is 3.11. The van der Waals surface area contributed by atoms with E-state index in [1.165, 1.54) is 15.3 Å². The van der Waals surface area contributed by atoms with Gasteiger partial charge < -0.3 is 16.0 Å². The van der Waals surface area contributed by atoms with E-state index in [4.69, 9.17) is 5.73 Å². The van der Waals surface area contributed by atoms with Crippen LogP contribution in [0.3, 0.4) is 0 Å². The second kappa shape index (κ2) is 5.96. The lowest BCUT2D eigenvalue weighted by atomic mass is 10.1.